The molecule has 0 aliphatic heterocycles. The summed E-state index contributed by atoms with van der Waals surface area (Å²) < 4.78 is 7.66. The third-order valence-corrected chi connectivity index (χ3v) is 3.20. The number of fused-ring (bicyclic) bond motifs is 1. The lowest BCUT2D eigenvalue weighted by Crippen LogP contribution is -2.04. The van der Waals surface area contributed by atoms with Crippen molar-refractivity contribution in [3.63, 3.8) is 0 Å². The topological polar surface area (TPSA) is 55.4 Å². The molecular formula is C15H18N4O. The van der Waals surface area contributed by atoms with Crippen LogP contribution in [0.15, 0.2) is 35.0 Å². The number of hydrogen-bond acceptors (Lipinski definition) is 4. The van der Waals surface area contributed by atoms with Gasteiger partial charge in [-0.25, -0.2) is 9.97 Å². The summed E-state index contributed by atoms with van der Waals surface area (Å²) >= 11 is 0. The fourth-order valence-electron chi connectivity index (χ4n) is 2.17. The quantitative estimate of drug-likeness (QED) is 0.721. The number of nitrogens with zero attached hydrogens (tertiary/aromatic N) is 3. The second kappa shape index (κ2) is 5.36. The third-order valence-electron chi connectivity index (χ3n) is 3.20. The molecular weight excluding hydrogens is 252 g/mol. The molecule has 20 heavy (non-hydrogen) atoms. The standard InChI is InChI=1S/C15H18N4O/c1-3-4-8-16-14-13(12-7-6-11(2)20-12)18-15-17-9-5-10-19(14)15/h5-7,9-10,16H,3-4,8H2,1-2H3. The van der Waals surface area contributed by atoms with Gasteiger partial charge in [-0.15, -0.1) is 0 Å². The lowest BCUT2D eigenvalue weighted by atomic mass is 10.3. The van der Waals surface area contributed by atoms with E-state index in [9.17, 15) is 0 Å². The highest BCUT2D eigenvalue weighted by Crippen LogP contribution is 2.29. The molecule has 0 amide bonds. The molecule has 0 aliphatic rings. The van der Waals surface area contributed by atoms with E-state index < -0.39 is 0 Å². The van der Waals surface area contributed by atoms with Crippen molar-refractivity contribution in [2.45, 2.75) is 26.7 Å². The normalized spacial score (nSPS) is 11.1. The molecule has 0 saturated heterocycles. The highest BCUT2D eigenvalue weighted by Gasteiger charge is 2.16. The van der Waals surface area contributed by atoms with Crippen LogP contribution in [0, 0.1) is 6.92 Å². The molecule has 1 N–H and O–H groups in total. The van der Waals surface area contributed by atoms with Crippen LogP contribution in [0.1, 0.15) is 25.5 Å². The van der Waals surface area contributed by atoms with Crippen LogP contribution in [-0.4, -0.2) is 20.9 Å². The SMILES string of the molecule is CCCCNc1c(-c2ccc(C)o2)nc2ncccn12. The molecule has 0 spiro atoms. The molecule has 0 atom stereocenters. The van der Waals surface area contributed by atoms with E-state index in [1.807, 2.05) is 35.7 Å². The number of furan rings is 1. The van der Waals surface area contributed by atoms with Crippen molar-refractivity contribution in [2.24, 2.45) is 0 Å². The van der Waals surface area contributed by atoms with Crippen LogP contribution in [0.3, 0.4) is 0 Å². The zero-order valence-electron chi connectivity index (χ0n) is 11.8. The highest BCUT2D eigenvalue weighted by molar-refractivity contribution is 5.72. The first-order chi connectivity index (χ1) is 9.79. The van der Waals surface area contributed by atoms with Crippen molar-refractivity contribution in [3.8, 4) is 11.5 Å². The average molecular weight is 270 g/mol. The third kappa shape index (κ3) is 2.27. The maximum Gasteiger partial charge on any atom is 0.236 e. The Morgan fingerprint density at radius 1 is 1.35 bits per heavy atom. The van der Waals surface area contributed by atoms with Gasteiger partial charge in [-0.05, 0) is 31.5 Å². The van der Waals surface area contributed by atoms with E-state index in [0.29, 0.717) is 5.78 Å². The second-order valence-electron chi connectivity index (χ2n) is 4.79. The lowest BCUT2D eigenvalue weighted by molar-refractivity contribution is 0.547. The summed E-state index contributed by atoms with van der Waals surface area (Å²) in [5.74, 6) is 3.27. The van der Waals surface area contributed by atoms with Gasteiger partial charge in [-0.2, -0.15) is 0 Å². The summed E-state index contributed by atoms with van der Waals surface area (Å²) in [5.41, 5.74) is 0.813. The maximum atomic E-state index is 5.70. The van der Waals surface area contributed by atoms with E-state index in [0.717, 1.165) is 42.4 Å². The number of aromatic nitrogens is 3. The number of aryl methyl sites for hydroxylation is 1. The first-order valence-electron chi connectivity index (χ1n) is 6.93. The summed E-state index contributed by atoms with van der Waals surface area (Å²) in [6.07, 6.45) is 5.97. The van der Waals surface area contributed by atoms with Crippen molar-refractivity contribution < 1.29 is 4.42 Å². The molecule has 0 radical (unpaired) electrons. The van der Waals surface area contributed by atoms with Gasteiger partial charge in [0, 0.05) is 18.9 Å². The predicted octanol–water partition coefficient (Wildman–Crippen LogP) is 3.51. The van der Waals surface area contributed by atoms with Gasteiger partial charge in [-0.3, -0.25) is 4.40 Å². The molecule has 3 aromatic heterocycles. The van der Waals surface area contributed by atoms with Gasteiger partial charge in [0.15, 0.2) is 11.5 Å². The van der Waals surface area contributed by atoms with Crippen LogP contribution >= 0.6 is 0 Å². The molecule has 0 fully saturated rings. The largest absolute Gasteiger partial charge is 0.460 e. The van der Waals surface area contributed by atoms with Gasteiger partial charge in [0.25, 0.3) is 0 Å². The van der Waals surface area contributed by atoms with Crippen LogP contribution in [0.5, 0.6) is 0 Å². The van der Waals surface area contributed by atoms with Crippen molar-refractivity contribution in [2.75, 3.05) is 11.9 Å². The zero-order chi connectivity index (χ0) is 13.9. The van der Waals surface area contributed by atoms with E-state index in [1.54, 1.807) is 6.20 Å². The highest BCUT2D eigenvalue weighted by atomic mass is 16.3. The van der Waals surface area contributed by atoms with E-state index >= 15 is 0 Å². The summed E-state index contributed by atoms with van der Waals surface area (Å²) in [6, 6.07) is 5.79. The Morgan fingerprint density at radius 2 is 2.25 bits per heavy atom. The number of hydrogen-bond donors (Lipinski definition) is 1. The molecule has 3 heterocycles. The Bertz CT molecular complexity index is 714. The fourth-order valence-corrected chi connectivity index (χ4v) is 2.17. The molecule has 5 heteroatoms. The molecule has 3 aromatic rings. The first kappa shape index (κ1) is 12.7. The van der Waals surface area contributed by atoms with Crippen LogP contribution in [0.4, 0.5) is 5.82 Å². The molecule has 0 unspecified atom stereocenters. The van der Waals surface area contributed by atoms with Crippen LogP contribution in [-0.2, 0) is 0 Å². The molecule has 0 aromatic carbocycles. The number of unbranched alkanes of at least 4 members (excludes halogenated alkanes) is 1. The van der Waals surface area contributed by atoms with E-state index in [1.165, 1.54) is 0 Å². The first-order valence-corrected chi connectivity index (χ1v) is 6.93. The molecule has 0 aliphatic carbocycles. The van der Waals surface area contributed by atoms with Crippen LogP contribution in [0.2, 0.25) is 0 Å². The number of imidazole rings is 1. The van der Waals surface area contributed by atoms with Gasteiger partial charge in [0.2, 0.25) is 5.78 Å². The van der Waals surface area contributed by atoms with Crippen molar-refractivity contribution >= 4 is 11.6 Å². The molecule has 3 rings (SSSR count). The Balaban J connectivity index is 2.07. The summed E-state index contributed by atoms with van der Waals surface area (Å²) in [7, 11) is 0. The van der Waals surface area contributed by atoms with Gasteiger partial charge in [0.1, 0.15) is 11.6 Å². The van der Waals surface area contributed by atoms with Crippen molar-refractivity contribution in [3.05, 3.63) is 36.4 Å². The van der Waals surface area contributed by atoms with Crippen molar-refractivity contribution in [1.29, 1.82) is 0 Å². The van der Waals surface area contributed by atoms with E-state index in [2.05, 4.69) is 22.2 Å². The van der Waals surface area contributed by atoms with Crippen LogP contribution < -0.4 is 5.32 Å². The predicted molar refractivity (Wildman–Crippen MR) is 78.8 cm³/mol. The fraction of sp³-hybridized carbons (Fsp3) is 0.333. The van der Waals surface area contributed by atoms with Crippen LogP contribution in [0.25, 0.3) is 17.2 Å². The number of anilines is 1. The van der Waals surface area contributed by atoms with Gasteiger partial charge in [-0.1, -0.05) is 13.3 Å². The second-order valence-corrected chi connectivity index (χ2v) is 4.79. The maximum absolute atomic E-state index is 5.70. The van der Waals surface area contributed by atoms with E-state index in [-0.39, 0.29) is 0 Å². The van der Waals surface area contributed by atoms with E-state index in [4.69, 9.17) is 4.42 Å². The Kier molecular flexibility index (Phi) is 3.41. The van der Waals surface area contributed by atoms with Gasteiger partial charge in [0.05, 0.1) is 0 Å². The molecule has 5 nitrogen and oxygen atoms in total. The molecule has 0 bridgehead atoms. The minimum atomic E-state index is 0.676. The summed E-state index contributed by atoms with van der Waals surface area (Å²) in [6.45, 7) is 5.02. The number of rotatable bonds is 5. The monoisotopic (exact) mass is 270 g/mol. The Morgan fingerprint density at radius 3 is 3.00 bits per heavy atom. The zero-order valence-corrected chi connectivity index (χ0v) is 11.8. The lowest BCUT2D eigenvalue weighted by Gasteiger charge is -2.06. The minimum absolute atomic E-state index is 0.676. The molecule has 104 valence electrons. The summed E-state index contributed by atoms with van der Waals surface area (Å²) in [5, 5.41) is 3.45. The minimum Gasteiger partial charge on any atom is -0.460 e. The number of nitrogens with one attached hydrogen (secondary N) is 1. The molecule has 0 saturated carbocycles. The van der Waals surface area contributed by atoms with Gasteiger partial charge < -0.3 is 9.73 Å². The smallest absolute Gasteiger partial charge is 0.236 e. The Hall–Kier alpha value is -2.30. The average Bonchev–Trinajstić information content (AvgIpc) is 3.03. The van der Waals surface area contributed by atoms with Crippen molar-refractivity contribution in [1.82, 2.24) is 14.4 Å². The van der Waals surface area contributed by atoms with Gasteiger partial charge >= 0.3 is 0 Å². The Labute approximate surface area is 117 Å². The summed E-state index contributed by atoms with van der Waals surface area (Å²) in [4.78, 5) is 8.86.